The van der Waals surface area contributed by atoms with E-state index in [1.807, 2.05) is 18.2 Å². The fourth-order valence-corrected chi connectivity index (χ4v) is 2.06. The van der Waals surface area contributed by atoms with E-state index in [1.165, 1.54) is 5.56 Å². The van der Waals surface area contributed by atoms with Crippen molar-refractivity contribution in [1.29, 1.82) is 0 Å². The average Bonchev–Trinajstić information content (AvgIpc) is 2.28. The lowest BCUT2D eigenvalue weighted by molar-refractivity contribution is 0.0990. The summed E-state index contributed by atoms with van der Waals surface area (Å²) in [5.41, 5.74) is 2.10. The van der Waals surface area contributed by atoms with Gasteiger partial charge < -0.3 is 0 Å². The van der Waals surface area contributed by atoms with E-state index < -0.39 is 0 Å². The molecule has 12 heavy (non-hydrogen) atoms. The molecule has 0 radical (unpaired) electrons. The Morgan fingerprint density at radius 1 is 1.50 bits per heavy atom. The van der Waals surface area contributed by atoms with Crippen LogP contribution < -0.4 is 0 Å². The molecule has 0 spiro atoms. The predicted molar refractivity (Wildman–Crippen MR) is 51.5 cm³/mol. The van der Waals surface area contributed by atoms with Gasteiger partial charge in [-0.1, -0.05) is 28.9 Å². The molecule has 1 aromatic carbocycles. The number of hydrogen-bond donors (Lipinski definition) is 0. The summed E-state index contributed by atoms with van der Waals surface area (Å²) in [5, 5.41) is 0. The van der Waals surface area contributed by atoms with Crippen molar-refractivity contribution in [3.8, 4) is 0 Å². The second-order valence-corrected chi connectivity index (χ2v) is 4.18. The minimum Gasteiger partial charge on any atom is -0.294 e. The number of benzene rings is 1. The van der Waals surface area contributed by atoms with Gasteiger partial charge in [-0.15, -0.1) is 0 Å². The summed E-state index contributed by atoms with van der Waals surface area (Å²) in [6.45, 7) is 2.09. The molecule has 1 aliphatic rings. The molecule has 2 rings (SSSR count). The lowest BCUT2D eigenvalue weighted by Gasteiger charge is -2.01. The van der Waals surface area contributed by atoms with Crippen LogP contribution in [-0.4, -0.2) is 5.78 Å². The van der Waals surface area contributed by atoms with Crippen molar-refractivity contribution in [2.75, 3.05) is 0 Å². The fourth-order valence-electron chi connectivity index (χ4n) is 1.70. The molecule has 0 bridgehead atoms. The molecule has 0 aromatic heterocycles. The Labute approximate surface area is 79.9 Å². The second-order valence-electron chi connectivity index (χ2n) is 3.26. The Morgan fingerprint density at radius 2 is 2.25 bits per heavy atom. The van der Waals surface area contributed by atoms with Crippen LogP contribution in [-0.2, 0) is 0 Å². The van der Waals surface area contributed by atoms with E-state index in [1.54, 1.807) is 0 Å². The van der Waals surface area contributed by atoms with E-state index in [0.29, 0.717) is 12.3 Å². The van der Waals surface area contributed by atoms with E-state index in [9.17, 15) is 4.79 Å². The second kappa shape index (κ2) is 2.70. The van der Waals surface area contributed by atoms with Crippen molar-refractivity contribution in [1.82, 2.24) is 0 Å². The Bertz CT molecular complexity index is 344. The molecule has 62 valence electrons. The lowest BCUT2D eigenvalue weighted by atomic mass is 10.0. The topological polar surface area (TPSA) is 17.1 Å². The number of hydrogen-bond acceptors (Lipinski definition) is 1. The normalized spacial score (nSPS) is 21.2. The monoisotopic (exact) mass is 224 g/mol. The van der Waals surface area contributed by atoms with Crippen LogP contribution in [0.5, 0.6) is 0 Å². The van der Waals surface area contributed by atoms with Crippen LogP contribution in [0.2, 0.25) is 0 Å². The van der Waals surface area contributed by atoms with Gasteiger partial charge in [-0.3, -0.25) is 4.79 Å². The van der Waals surface area contributed by atoms with Crippen LogP contribution in [0, 0.1) is 0 Å². The van der Waals surface area contributed by atoms with Crippen LogP contribution in [0.15, 0.2) is 22.7 Å². The molecular formula is C10H9BrO. The minimum absolute atomic E-state index is 0.277. The Balaban J connectivity index is 2.60. The summed E-state index contributed by atoms with van der Waals surface area (Å²) >= 11 is 3.36. The molecule has 0 saturated heterocycles. The summed E-state index contributed by atoms with van der Waals surface area (Å²) in [5.74, 6) is 0.680. The van der Waals surface area contributed by atoms with Crippen LogP contribution >= 0.6 is 15.9 Å². The molecule has 0 aliphatic heterocycles. The predicted octanol–water partition coefficient (Wildman–Crippen LogP) is 3.14. The summed E-state index contributed by atoms with van der Waals surface area (Å²) < 4.78 is 0.990. The zero-order chi connectivity index (χ0) is 8.72. The van der Waals surface area contributed by atoms with Gasteiger partial charge in [-0.25, -0.2) is 0 Å². The molecule has 0 heterocycles. The number of carbonyl (C=O) groups excluding carboxylic acids is 1. The molecule has 1 aromatic rings. The van der Waals surface area contributed by atoms with Gasteiger partial charge in [0, 0.05) is 16.5 Å². The molecule has 2 heteroatoms. The van der Waals surface area contributed by atoms with E-state index in [2.05, 4.69) is 22.9 Å². The highest BCUT2D eigenvalue weighted by Gasteiger charge is 2.25. The first-order valence-electron chi connectivity index (χ1n) is 4.01. The highest BCUT2D eigenvalue weighted by molar-refractivity contribution is 9.10. The molecule has 0 unspecified atom stereocenters. The van der Waals surface area contributed by atoms with Crippen molar-refractivity contribution in [2.24, 2.45) is 0 Å². The Morgan fingerprint density at radius 3 is 3.00 bits per heavy atom. The SMILES string of the molecule is C[C@@H]1CC(=O)c2cc(Br)ccc21. The van der Waals surface area contributed by atoms with Crippen LogP contribution in [0.4, 0.5) is 0 Å². The Kier molecular flexibility index (Phi) is 1.80. The maximum atomic E-state index is 11.4. The zero-order valence-electron chi connectivity index (χ0n) is 6.80. The van der Waals surface area contributed by atoms with Gasteiger partial charge in [0.2, 0.25) is 0 Å². The van der Waals surface area contributed by atoms with Gasteiger partial charge in [0.25, 0.3) is 0 Å². The number of carbonyl (C=O) groups is 1. The highest BCUT2D eigenvalue weighted by Crippen LogP contribution is 2.33. The van der Waals surface area contributed by atoms with Gasteiger partial charge in [0.05, 0.1) is 0 Å². The van der Waals surface area contributed by atoms with E-state index in [-0.39, 0.29) is 5.78 Å². The van der Waals surface area contributed by atoms with Crippen molar-refractivity contribution in [3.05, 3.63) is 33.8 Å². The molecule has 1 atom stereocenters. The largest absolute Gasteiger partial charge is 0.294 e. The van der Waals surface area contributed by atoms with Crippen molar-refractivity contribution in [3.63, 3.8) is 0 Å². The van der Waals surface area contributed by atoms with Crippen LogP contribution in [0.1, 0.15) is 35.2 Å². The van der Waals surface area contributed by atoms with E-state index in [0.717, 1.165) is 10.0 Å². The lowest BCUT2D eigenvalue weighted by Crippen LogP contribution is -1.89. The highest BCUT2D eigenvalue weighted by atomic mass is 79.9. The van der Waals surface area contributed by atoms with Crippen LogP contribution in [0.25, 0.3) is 0 Å². The zero-order valence-corrected chi connectivity index (χ0v) is 8.39. The maximum absolute atomic E-state index is 11.4. The van der Waals surface area contributed by atoms with Gasteiger partial charge in [0.15, 0.2) is 5.78 Å². The number of Topliss-reactive ketones (excluding diaryl/α,β-unsaturated/α-hetero) is 1. The first-order chi connectivity index (χ1) is 5.68. The van der Waals surface area contributed by atoms with Gasteiger partial charge in [0.1, 0.15) is 0 Å². The van der Waals surface area contributed by atoms with Gasteiger partial charge in [-0.05, 0) is 23.6 Å². The molecule has 1 nitrogen and oxygen atoms in total. The molecule has 1 aliphatic carbocycles. The third kappa shape index (κ3) is 1.11. The van der Waals surface area contributed by atoms with Crippen LogP contribution in [0.3, 0.4) is 0 Å². The van der Waals surface area contributed by atoms with E-state index in [4.69, 9.17) is 0 Å². The summed E-state index contributed by atoms with van der Waals surface area (Å²) in [6.07, 6.45) is 0.672. The van der Waals surface area contributed by atoms with Crippen molar-refractivity contribution < 1.29 is 4.79 Å². The molecular weight excluding hydrogens is 216 g/mol. The molecule has 0 saturated carbocycles. The summed E-state index contributed by atoms with van der Waals surface area (Å²) in [7, 11) is 0. The van der Waals surface area contributed by atoms with Crippen molar-refractivity contribution >= 4 is 21.7 Å². The average molecular weight is 225 g/mol. The third-order valence-corrected chi connectivity index (χ3v) is 2.83. The van der Waals surface area contributed by atoms with E-state index >= 15 is 0 Å². The standard InChI is InChI=1S/C10H9BrO/c1-6-4-10(12)9-5-7(11)2-3-8(6)9/h2-3,5-6H,4H2,1H3/t6-/m1/s1. The smallest absolute Gasteiger partial charge is 0.163 e. The summed E-state index contributed by atoms with van der Waals surface area (Å²) in [6, 6.07) is 5.95. The first kappa shape index (κ1) is 7.99. The van der Waals surface area contributed by atoms with Gasteiger partial charge in [-0.2, -0.15) is 0 Å². The summed E-state index contributed by atoms with van der Waals surface area (Å²) in [4.78, 5) is 11.4. The number of halogens is 1. The maximum Gasteiger partial charge on any atom is 0.163 e. The minimum atomic E-state index is 0.277. The number of ketones is 1. The first-order valence-corrected chi connectivity index (χ1v) is 4.80. The third-order valence-electron chi connectivity index (χ3n) is 2.34. The number of rotatable bonds is 0. The Hall–Kier alpha value is -0.630. The fraction of sp³-hybridized carbons (Fsp3) is 0.300. The van der Waals surface area contributed by atoms with Gasteiger partial charge >= 0.3 is 0 Å². The quantitative estimate of drug-likeness (QED) is 0.662. The molecule has 0 N–H and O–H groups in total. The number of fused-ring (bicyclic) bond motifs is 1. The van der Waals surface area contributed by atoms with Crippen molar-refractivity contribution in [2.45, 2.75) is 19.3 Å². The molecule has 0 amide bonds. The molecule has 0 fully saturated rings.